The molecule has 0 saturated heterocycles. The Bertz CT molecular complexity index is 1240. The molecule has 51 heavy (non-hydrogen) atoms. The van der Waals surface area contributed by atoms with Gasteiger partial charge in [-0.1, -0.05) is 76.5 Å². The van der Waals surface area contributed by atoms with Crippen molar-refractivity contribution in [2.45, 2.75) is 129 Å². The fraction of sp³-hybridized carbons (Fsp3) is 0.658. The number of ether oxygens (including phenoxy) is 1. The molecule has 1 aliphatic heterocycles. The predicted octanol–water partition coefficient (Wildman–Crippen LogP) is 5.80. The Morgan fingerprint density at radius 3 is 2.10 bits per heavy atom. The first-order valence-electron chi connectivity index (χ1n) is 18.9. The number of para-hydroxylation sites is 1. The Morgan fingerprint density at radius 2 is 1.41 bits per heavy atom. The van der Waals surface area contributed by atoms with Gasteiger partial charge in [0.1, 0.15) is 12.4 Å². The van der Waals surface area contributed by atoms with E-state index in [0.29, 0.717) is 62.2 Å². The largest absolute Gasteiger partial charge is 0.507 e. The Kier molecular flexibility index (Phi) is 22.7. The number of carbonyl (C=O) groups is 4. The van der Waals surface area contributed by atoms with Crippen LogP contribution in [0.1, 0.15) is 128 Å². The van der Waals surface area contributed by atoms with Crippen LogP contribution in [0.15, 0.2) is 41.4 Å². The minimum atomic E-state index is -0.692. The van der Waals surface area contributed by atoms with Crippen molar-refractivity contribution in [2.75, 3.05) is 32.8 Å². The minimum absolute atomic E-state index is 0.0317. The quantitative estimate of drug-likeness (QED) is 0.0312. The second-order valence-corrected chi connectivity index (χ2v) is 13.0. The smallest absolute Gasteiger partial charge is 0.269 e. The summed E-state index contributed by atoms with van der Waals surface area (Å²) in [7, 11) is 0. The molecular weight excluding hydrogens is 654 g/mol. The molecule has 13 heteroatoms. The van der Waals surface area contributed by atoms with Gasteiger partial charge >= 0.3 is 0 Å². The molecule has 286 valence electrons. The molecule has 1 heterocycles. The Hall–Kier alpha value is -3.97. The molecule has 0 radical (unpaired) electrons. The maximum absolute atomic E-state index is 12.4. The third kappa shape index (κ3) is 19.3. The molecular formula is C38H61N5O8. The molecule has 0 spiro atoms. The Balaban J connectivity index is 1.41. The summed E-state index contributed by atoms with van der Waals surface area (Å²) in [6.45, 7) is 3.49. The summed E-state index contributed by atoms with van der Waals surface area (Å²) < 4.78 is 5.47. The number of hydrogen-bond acceptors (Lipinski definition) is 9. The van der Waals surface area contributed by atoms with Crippen LogP contribution in [0.5, 0.6) is 5.75 Å². The lowest BCUT2D eigenvalue weighted by Crippen LogP contribution is -2.35. The first-order chi connectivity index (χ1) is 24.7. The zero-order valence-corrected chi connectivity index (χ0v) is 30.5. The second-order valence-electron chi connectivity index (χ2n) is 13.0. The van der Waals surface area contributed by atoms with Gasteiger partial charge in [0.15, 0.2) is 6.04 Å². The summed E-state index contributed by atoms with van der Waals surface area (Å²) >= 11 is 0. The third-order valence-corrected chi connectivity index (χ3v) is 8.65. The standard InChI is InChI=1S/C38H61N5O8/c1-2-3-4-5-6-7-8-9-10-11-14-23-35(46)42(49)28-19-12-17-26-39-34(45)24-25-36(47)43(50)29-20-13-18-27-40-37(48)32-30-51-38(41-32)31-21-15-16-22-33(31)44/h14-16,21-23,32,44,49-50H,2-13,17-20,24-30H2,1H3,(H,39,45)(H,40,48)/b23-14-/t32-/m0/s1. The van der Waals surface area contributed by atoms with Gasteiger partial charge < -0.3 is 20.5 Å². The van der Waals surface area contributed by atoms with Gasteiger partial charge in [0.05, 0.1) is 5.56 Å². The van der Waals surface area contributed by atoms with E-state index in [1.54, 1.807) is 18.2 Å². The topological polar surface area (TPSA) is 181 Å². The lowest BCUT2D eigenvalue weighted by molar-refractivity contribution is -0.166. The molecule has 1 aromatic carbocycles. The van der Waals surface area contributed by atoms with Crippen molar-refractivity contribution in [1.82, 2.24) is 20.8 Å². The van der Waals surface area contributed by atoms with Crippen LogP contribution in [0.2, 0.25) is 0 Å². The lowest BCUT2D eigenvalue weighted by Gasteiger charge is -2.15. The number of carbonyl (C=O) groups excluding carboxylic acids is 4. The van der Waals surface area contributed by atoms with E-state index in [9.17, 15) is 34.7 Å². The van der Waals surface area contributed by atoms with Crippen LogP contribution in [0, 0.1) is 0 Å². The molecule has 1 aromatic rings. The van der Waals surface area contributed by atoms with E-state index in [1.165, 1.54) is 57.1 Å². The fourth-order valence-electron chi connectivity index (χ4n) is 5.51. The number of rotatable bonds is 28. The van der Waals surface area contributed by atoms with Crippen molar-refractivity contribution in [2.24, 2.45) is 4.99 Å². The number of phenols is 1. The summed E-state index contributed by atoms with van der Waals surface area (Å²) in [5.74, 6) is -1.25. The van der Waals surface area contributed by atoms with Gasteiger partial charge in [0.25, 0.3) is 5.91 Å². The van der Waals surface area contributed by atoms with Gasteiger partial charge in [-0.2, -0.15) is 0 Å². The second kappa shape index (κ2) is 26.8. The van der Waals surface area contributed by atoms with E-state index in [0.717, 1.165) is 24.3 Å². The van der Waals surface area contributed by atoms with Crippen molar-refractivity contribution < 1.29 is 39.4 Å². The number of nitrogens with zero attached hydrogens (tertiary/aromatic N) is 3. The highest BCUT2D eigenvalue weighted by Crippen LogP contribution is 2.21. The van der Waals surface area contributed by atoms with Gasteiger partial charge in [0, 0.05) is 45.1 Å². The first kappa shape index (κ1) is 43.2. The number of amides is 4. The minimum Gasteiger partial charge on any atom is -0.507 e. The zero-order valence-electron chi connectivity index (χ0n) is 30.5. The SMILES string of the molecule is CCCCCCCCCCC/C=C\C(=O)N(O)CCCCCNC(=O)CCC(=O)N(O)CCCCCNC(=O)[C@@H]1COC(c2ccccc2O)=N1. The first-order valence-corrected chi connectivity index (χ1v) is 18.9. The van der Waals surface area contributed by atoms with Crippen LogP contribution in [0.25, 0.3) is 0 Å². The maximum atomic E-state index is 12.4. The summed E-state index contributed by atoms with van der Waals surface area (Å²) in [4.78, 5) is 53.0. The highest BCUT2D eigenvalue weighted by atomic mass is 16.5. The van der Waals surface area contributed by atoms with E-state index in [-0.39, 0.29) is 56.0 Å². The molecule has 0 aliphatic carbocycles. The van der Waals surface area contributed by atoms with E-state index >= 15 is 0 Å². The summed E-state index contributed by atoms with van der Waals surface area (Å²) in [5, 5.41) is 36.8. The number of benzene rings is 1. The number of allylic oxidation sites excluding steroid dienone is 1. The van der Waals surface area contributed by atoms with E-state index in [1.807, 2.05) is 6.08 Å². The number of phenolic OH excluding ortho intramolecular Hbond substituents is 1. The normalized spacial score (nSPS) is 13.9. The highest BCUT2D eigenvalue weighted by Gasteiger charge is 2.27. The van der Waals surface area contributed by atoms with Crippen molar-refractivity contribution >= 4 is 29.5 Å². The summed E-state index contributed by atoms with van der Waals surface area (Å²) in [6, 6.07) is 5.93. The molecule has 5 N–H and O–H groups in total. The predicted molar refractivity (Wildman–Crippen MR) is 195 cm³/mol. The van der Waals surface area contributed by atoms with Gasteiger partial charge in [-0.25, -0.2) is 15.1 Å². The van der Waals surface area contributed by atoms with Crippen molar-refractivity contribution in [3.8, 4) is 5.75 Å². The van der Waals surface area contributed by atoms with Crippen LogP contribution in [-0.2, 0) is 23.9 Å². The van der Waals surface area contributed by atoms with Crippen LogP contribution < -0.4 is 10.6 Å². The van der Waals surface area contributed by atoms with E-state index < -0.39 is 17.9 Å². The van der Waals surface area contributed by atoms with Crippen molar-refractivity contribution in [3.05, 3.63) is 42.0 Å². The summed E-state index contributed by atoms with van der Waals surface area (Å²) in [5.41, 5.74) is 0.437. The molecule has 0 aromatic heterocycles. The molecule has 0 fully saturated rings. The van der Waals surface area contributed by atoms with Crippen LogP contribution in [0.3, 0.4) is 0 Å². The van der Waals surface area contributed by atoms with Crippen LogP contribution in [0.4, 0.5) is 0 Å². The van der Waals surface area contributed by atoms with Crippen molar-refractivity contribution in [3.63, 3.8) is 0 Å². The summed E-state index contributed by atoms with van der Waals surface area (Å²) in [6.07, 6.45) is 19.0. The molecule has 0 saturated carbocycles. The molecule has 4 amide bonds. The fourth-order valence-corrected chi connectivity index (χ4v) is 5.51. The molecule has 0 unspecified atom stereocenters. The van der Waals surface area contributed by atoms with Crippen LogP contribution in [-0.4, -0.2) is 94.0 Å². The monoisotopic (exact) mass is 715 g/mol. The Morgan fingerprint density at radius 1 is 0.804 bits per heavy atom. The third-order valence-electron chi connectivity index (χ3n) is 8.65. The molecule has 13 nitrogen and oxygen atoms in total. The van der Waals surface area contributed by atoms with Gasteiger partial charge in [-0.15, -0.1) is 0 Å². The Labute approximate surface area is 303 Å². The highest BCUT2D eigenvalue weighted by molar-refractivity contribution is 6.00. The number of hydrogen-bond donors (Lipinski definition) is 5. The number of hydroxylamine groups is 4. The van der Waals surface area contributed by atoms with Gasteiger partial charge in [-0.3, -0.25) is 29.6 Å². The van der Waals surface area contributed by atoms with Crippen molar-refractivity contribution in [1.29, 1.82) is 0 Å². The van der Waals surface area contributed by atoms with E-state index in [4.69, 9.17) is 4.74 Å². The number of aromatic hydroxyl groups is 1. The average molecular weight is 716 g/mol. The lowest BCUT2D eigenvalue weighted by atomic mass is 10.1. The number of aliphatic imine (C=N–C) groups is 1. The molecule has 0 bridgehead atoms. The maximum Gasteiger partial charge on any atom is 0.269 e. The molecule has 1 atom stereocenters. The molecule has 1 aliphatic rings. The molecule has 2 rings (SSSR count). The average Bonchev–Trinajstić information content (AvgIpc) is 3.62. The van der Waals surface area contributed by atoms with E-state index in [2.05, 4.69) is 22.5 Å². The zero-order chi connectivity index (χ0) is 37.1. The number of nitrogens with one attached hydrogen (secondary N) is 2. The van der Waals surface area contributed by atoms with Gasteiger partial charge in [-0.05, 0) is 63.5 Å². The van der Waals surface area contributed by atoms with Crippen LogP contribution >= 0.6 is 0 Å². The van der Waals surface area contributed by atoms with Gasteiger partial charge in [0.2, 0.25) is 23.6 Å². The number of unbranched alkanes of at least 4 members (excludes halogenated alkanes) is 13.